The molecule has 0 aromatic heterocycles. The van der Waals surface area contributed by atoms with Crippen molar-refractivity contribution in [2.24, 2.45) is 0 Å². The van der Waals surface area contributed by atoms with Gasteiger partial charge in [-0.05, 0) is 43.3 Å². The minimum absolute atomic E-state index is 0.185. The van der Waals surface area contributed by atoms with Gasteiger partial charge in [-0.3, -0.25) is 9.59 Å². The third kappa shape index (κ3) is 5.52. The summed E-state index contributed by atoms with van der Waals surface area (Å²) in [7, 11) is 3.12. The Bertz CT molecular complexity index is 842. The van der Waals surface area contributed by atoms with Crippen LogP contribution in [0.3, 0.4) is 0 Å². The van der Waals surface area contributed by atoms with Crippen LogP contribution in [0.5, 0.6) is 11.5 Å². The second-order valence-corrected chi connectivity index (χ2v) is 6.52. The molecule has 2 rings (SSSR count). The predicted octanol–water partition coefficient (Wildman–Crippen LogP) is 3.62. The molecule has 0 aliphatic rings. The molecule has 0 aliphatic heterocycles. The Morgan fingerprint density at radius 3 is 2.41 bits per heavy atom. The lowest BCUT2D eigenvalue weighted by Gasteiger charge is -2.18. The van der Waals surface area contributed by atoms with Crippen molar-refractivity contribution in [3.05, 3.63) is 57.6 Å². The summed E-state index contributed by atoms with van der Waals surface area (Å²) in [6.45, 7) is 1.63. The van der Waals surface area contributed by atoms with E-state index in [4.69, 9.17) is 32.7 Å². The van der Waals surface area contributed by atoms with E-state index in [0.29, 0.717) is 22.1 Å². The van der Waals surface area contributed by atoms with Crippen molar-refractivity contribution in [2.75, 3.05) is 20.8 Å². The summed E-state index contributed by atoms with van der Waals surface area (Å²) in [5.74, 6) is 0.513. The van der Waals surface area contributed by atoms with E-state index in [1.54, 1.807) is 32.4 Å². The lowest BCUT2D eigenvalue weighted by atomic mass is 10.1. The fourth-order valence-corrected chi connectivity index (χ4v) is 2.75. The van der Waals surface area contributed by atoms with E-state index in [9.17, 15) is 9.59 Å². The summed E-state index contributed by atoms with van der Waals surface area (Å²) in [6, 6.07) is 9.49. The molecule has 27 heavy (non-hydrogen) atoms. The lowest BCUT2D eigenvalue weighted by molar-refractivity contribution is -0.120. The number of hydrogen-bond acceptors (Lipinski definition) is 4. The first-order valence-corrected chi connectivity index (χ1v) is 8.85. The Morgan fingerprint density at radius 2 is 1.78 bits per heavy atom. The Kier molecular flexibility index (Phi) is 7.33. The zero-order chi connectivity index (χ0) is 20.0. The van der Waals surface area contributed by atoms with Crippen LogP contribution in [0.2, 0.25) is 10.0 Å². The highest BCUT2D eigenvalue weighted by Gasteiger charge is 2.16. The van der Waals surface area contributed by atoms with Gasteiger partial charge < -0.3 is 20.1 Å². The predicted molar refractivity (Wildman–Crippen MR) is 105 cm³/mol. The Hall–Kier alpha value is -2.44. The molecule has 0 unspecified atom stereocenters. The van der Waals surface area contributed by atoms with Crippen LogP contribution in [-0.2, 0) is 4.79 Å². The summed E-state index contributed by atoms with van der Waals surface area (Å²) in [4.78, 5) is 24.3. The fraction of sp³-hybridized carbons (Fsp3) is 0.263. The van der Waals surface area contributed by atoms with Crippen molar-refractivity contribution in [1.82, 2.24) is 10.6 Å². The molecule has 2 aromatic carbocycles. The summed E-state index contributed by atoms with van der Waals surface area (Å²) in [5, 5.41) is 5.98. The van der Waals surface area contributed by atoms with Gasteiger partial charge in [0, 0.05) is 11.1 Å². The number of carbonyl (C=O) groups excluding carboxylic acids is 2. The van der Waals surface area contributed by atoms with Crippen LogP contribution < -0.4 is 20.1 Å². The van der Waals surface area contributed by atoms with Crippen molar-refractivity contribution in [3.8, 4) is 11.5 Å². The SMILES string of the molecule is COc1ccc(OC)c([C@H](C)NC(=O)CNC(=O)c2ccc(Cl)c(Cl)c2)c1. The first-order chi connectivity index (χ1) is 12.8. The van der Waals surface area contributed by atoms with Crippen LogP contribution in [0.15, 0.2) is 36.4 Å². The van der Waals surface area contributed by atoms with E-state index >= 15 is 0 Å². The van der Waals surface area contributed by atoms with Crippen LogP contribution in [-0.4, -0.2) is 32.6 Å². The molecule has 0 heterocycles. The van der Waals surface area contributed by atoms with Gasteiger partial charge in [-0.25, -0.2) is 0 Å². The van der Waals surface area contributed by atoms with E-state index in [1.807, 2.05) is 6.92 Å². The normalized spacial score (nSPS) is 11.4. The maximum atomic E-state index is 12.2. The third-order valence-corrected chi connectivity index (χ3v) is 4.61. The van der Waals surface area contributed by atoms with E-state index in [1.165, 1.54) is 18.2 Å². The molecule has 0 aliphatic carbocycles. The molecule has 0 saturated heterocycles. The van der Waals surface area contributed by atoms with Gasteiger partial charge in [-0.1, -0.05) is 23.2 Å². The first-order valence-electron chi connectivity index (χ1n) is 8.10. The molecule has 2 N–H and O–H groups in total. The largest absolute Gasteiger partial charge is 0.497 e. The van der Waals surface area contributed by atoms with Gasteiger partial charge in [0.05, 0.1) is 36.9 Å². The highest BCUT2D eigenvalue weighted by atomic mass is 35.5. The maximum Gasteiger partial charge on any atom is 0.251 e. The molecular weight excluding hydrogens is 391 g/mol. The second kappa shape index (κ2) is 9.48. The summed E-state index contributed by atoms with van der Waals surface area (Å²) in [5.41, 5.74) is 1.08. The van der Waals surface area contributed by atoms with Gasteiger partial charge in [0.15, 0.2) is 0 Å². The standard InChI is InChI=1S/C19H20Cl2N2O4/c1-11(14-9-13(26-2)5-7-17(14)27-3)23-18(24)10-22-19(25)12-4-6-15(20)16(21)8-12/h4-9,11H,10H2,1-3H3,(H,22,25)(H,23,24)/t11-/m0/s1. The lowest BCUT2D eigenvalue weighted by Crippen LogP contribution is -2.38. The van der Waals surface area contributed by atoms with Gasteiger partial charge in [0.1, 0.15) is 11.5 Å². The maximum absolute atomic E-state index is 12.2. The average Bonchev–Trinajstić information content (AvgIpc) is 2.67. The molecule has 144 valence electrons. The number of benzene rings is 2. The Labute approximate surface area is 167 Å². The topological polar surface area (TPSA) is 76.7 Å². The van der Waals surface area contributed by atoms with E-state index < -0.39 is 5.91 Å². The number of amides is 2. The molecule has 0 fully saturated rings. The van der Waals surface area contributed by atoms with Crippen LogP contribution in [0.4, 0.5) is 0 Å². The summed E-state index contributed by atoms with van der Waals surface area (Å²) < 4.78 is 10.5. The summed E-state index contributed by atoms with van der Waals surface area (Å²) >= 11 is 11.7. The quantitative estimate of drug-likeness (QED) is 0.730. The molecule has 1 atom stereocenters. The molecule has 0 bridgehead atoms. The number of hydrogen-bond donors (Lipinski definition) is 2. The highest BCUT2D eigenvalue weighted by molar-refractivity contribution is 6.42. The molecule has 6 nitrogen and oxygen atoms in total. The van der Waals surface area contributed by atoms with Crippen molar-refractivity contribution < 1.29 is 19.1 Å². The van der Waals surface area contributed by atoms with Gasteiger partial charge >= 0.3 is 0 Å². The number of methoxy groups -OCH3 is 2. The van der Waals surface area contributed by atoms with E-state index in [0.717, 1.165) is 5.56 Å². The van der Waals surface area contributed by atoms with Gasteiger partial charge in [-0.15, -0.1) is 0 Å². The van der Waals surface area contributed by atoms with Crippen molar-refractivity contribution in [1.29, 1.82) is 0 Å². The first kappa shape index (κ1) is 20.9. The zero-order valence-corrected chi connectivity index (χ0v) is 16.6. The molecule has 2 aromatic rings. The second-order valence-electron chi connectivity index (χ2n) is 5.71. The average molecular weight is 411 g/mol. The van der Waals surface area contributed by atoms with Crippen LogP contribution in [0.1, 0.15) is 28.9 Å². The molecule has 8 heteroatoms. The molecule has 0 radical (unpaired) electrons. The highest BCUT2D eigenvalue weighted by Crippen LogP contribution is 2.29. The zero-order valence-electron chi connectivity index (χ0n) is 15.1. The fourth-order valence-electron chi connectivity index (χ4n) is 2.45. The summed E-state index contributed by atoms with van der Waals surface area (Å²) in [6.07, 6.45) is 0. The van der Waals surface area contributed by atoms with E-state index in [-0.39, 0.29) is 23.5 Å². The number of carbonyl (C=O) groups is 2. The minimum Gasteiger partial charge on any atom is -0.497 e. The molecule has 0 saturated carbocycles. The van der Waals surface area contributed by atoms with Crippen LogP contribution in [0, 0.1) is 0 Å². The molecule has 2 amide bonds. The number of ether oxygens (including phenoxy) is 2. The van der Waals surface area contributed by atoms with Crippen molar-refractivity contribution in [2.45, 2.75) is 13.0 Å². The van der Waals surface area contributed by atoms with Gasteiger partial charge in [-0.2, -0.15) is 0 Å². The van der Waals surface area contributed by atoms with Gasteiger partial charge in [0.25, 0.3) is 5.91 Å². The number of nitrogens with one attached hydrogen (secondary N) is 2. The Balaban J connectivity index is 1.97. The smallest absolute Gasteiger partial charge is 0.251 e. The van der Waals surface area contributed by atoms with Crippen molar-refractivity contribution in [3.63, 3.8) is 0 Å². The molecule has 0 spiro atoms. The minimum atomic E-state index is -0.421. The van der Waals surface area contributed by atoms with Crippen LogP contribution in [0.25, 0.3) is 0 Å². The number of halogens is 2. The van der Waals surface area contributed by atoms with E-state index in [2.05, 4.69) is 10.6 Å². The monoisotopic (exact) mass is 410 g/mol. The molecular formula is C19H20Cl2N2O4. The number of rotatable bonds is 7. The van der Waals surface area contributed by atoms with Gasteiger partial charge in [0.2, 0.25) is 5.91 Å². The third-order valence-electron chi connectivity index (χ3n) is 3.87. The van der Waals surface area contributed by atoms with Crippen LogP contribution >= 0.6 is 23.2 Å². The van der Waals surface area contributed by atoms with Crippen molar-refractivity contribution >= 4 is 35.0 Å². The Morgan fingerprint density at radius 1 is 1.04 bits per heavy atom.